The van der Waals surface area contributed by atoms with Crippen LogP contribution in [0.5, 0.6) is 0 Å². The molecule has 0 radical (unpaired) electrons. The highest BCUT2D eigenvalue weighted by Crippen LogP contribution is 2.38. The van der Waals surface area contributed by atoms with Crippen molar-refractivity contribution in [1.29, 1.82) is 0 Å². The number of halogens is 3. The van der Waals surface area contributed by atoms with Crippen molar-refractivity contribution in [1.82, 2.24) is 4.98 Å². The van der Waals surface area contributed by atoms with Gasteiger partial charge in [-0.05, 0) is 6.07 Å². The average molecular weight is 368 g/mol. The molecule has 1 spiro atoms. The molecule has 2 fully saturated rings. The van der Waals surface area contributed by atoms with Crippen molar-refractivity contribution < 1.29 is 32.5 Å². The first-order valence-corrected chi connectivity index (χ1v) is 8.14. The molecule has 2 aromatic rings. The molecular weight excluding hydrogens is 353 g/mol. The Bertz CT molecular complexity index is 889. The third-order valence-corrected chi connectivity index (χ3v) is 4.85. The minimum absolute atomic E-state index is 0.0782. The molecule has 138 valence electrons. The first-order valence-electron chi connectivity index (χ1n) is 8.14. The largest absolute Gasteiger partial charge is 0.478 e. The molecule has 0 aliphatic carbocycles. The number of hydrogen-bond donors (Lipinski definition) is 1. The van der Waals surface area contributed by atoms with Gasteiger partial charge in [0.25, 0.3) is 0 Å². The number of anilines is 1. The van der Waals surface area contributed by atoms with Gasteiger partial charge in [0.1, 0.15) is 11.1 Å². The number of rotatable bonds is 2. The van der Waals surface area contributed by atoms with Crippen LogP contribution < -0.4 is 4.90 Å². The minimum Gasteiger partial charge on any atom is -0.478 e. The van der Waals surface area contributed by atoms with Gasteiger partial charge < -0.3 is 19.5 Å². The number of aromatic carboxylic acids is 1. The normalized spacial score (nSPS) is 19.4. The number of piperidine rings is 1. The van der Waals surface area contributed by atoms with Gasteiger partial charge in [0.15, 0.2) is 23.2 Å². The lowest BCUT2D eigenvalue weighted by atomic mass is 10.00. The lowest BCUT2D eigenvalue weighted by molar-refractivity contribution is -0.169. The molecule has 6 nitrogen and oxygen atoms in total. The predicted octanol–water partition coefficient (Wildman–Crippen LogP) is 2.69. The van der Waals surface area contributed by atoms with Gasteiger partial charge in [-0.3, -0.25) is 4.98 Å². The zero-order valence-corrected chi connectivity index (χ0v) is 13.6. The predicted molar refractivity (Wildman–Crippen MR) is 84.7 cm³/mol. The highest BCUT2D eigenvalue weighted by atomic mass is 19.2. The fourth-order valence-corrected chi connectivity index (χ4v) is 3.58. The maximum atomic E-state index is 14.1. The molecule has 2 saturated heterocycles. The zero-order chi connectivity index (χ0) is 18.5. The number of nitrogens with zero attached hydrogens (tertiary/aromatic N) is 2. The fraction of sp³-hybridized carbons (Fsp3) is 0.412. The maximum absolute atomic E-state index is 14.1. The standard InChI is InChI=1S/C17H15F3N2O4/c18-11-7-9-14(13(20)12(11)19)21-8-10(16(23)24)15(9)22-3-1-17(2-4-22)25-5-6-26-17/h7-8H,1-6H2,(H,23,24). The molecule has 0 saturated carbocycles. The second kappa shape index (κ2) is 6.10. The Labute approximate surface area is 146 Å². The van der Waals surface area contributed by atoms with Crippen LogP contribution in [0.2, 0.25) is 0 Å². The number of hydrogen-bond acceptors (Lipinski definition) is 5. The number of pyridine rings is 1. The van der Waals surface area contributed by atoms with E-state index in [0.717, 1.165) is 12.3 Å². The van der Waals surface area contributed by atoms with E-state index in [4.69, 9.17) is 9.47 Å². The molecule has 0 amide bonds. The Balaban J connectivity index is 1.82. The van der Waals surface area contributed by atoms with Gasteiger partial charge in [0, 0.05) is 37.5 Å². The molecule has 1 aromatic carbocycles. The van der Waals surface area contributed by atoms with E-state index in [-0.39, 0.29) is 16.6 Å². The van der Waals surface area contributed by atoms with Crippen molar-refractivity contribution in [2.75, 3.05) is 31.2 Å². The number of benzene rings is 1. The summed E-state index contributed by atoms with van der Waals surface area (Å²) in [5.41, 5.74) is -0.488. The van der Waals surface area contributed by atoms with Crippen LogP contribution in [-0.4, -0.2) is 48.2 Å². The van der Waals surface area contributed by atoms with Crippen LogP contribution in [0.1, 0.15) is 23.2 Å². The van der Waals surface area contributed by atoms with Gasteiger partial charge in [-0.1, -0.05) is 0 Å². The smallest absolute Gasteiger partial charge is 0.339 e. The Kier molecular flexibility index (Phi) is 4.00. The fourth-order valence-electron chi connectivity index (χ4n) is 3.58. The van der Waals surface area contributed by atoms with Gasteiger partial charge in [0.05, 0.1) is 18.9 Å². The first-order chi connectivity index (χ1) is 12.4. The van der Waals surface area contributed by atoms with Gasteiger partial charge in [-0.15, -0.1) is 0 Å². The third-order valence-electron chi connectivity index (χ3n) is 4.85. The number of carboxylic acids is 1. The molecule has 9 heteroatoms. The Morgan fingerprint density at radius 3 is 2.42 bits per heavy atom. The molecule has 3 heterocycles. The van der Waals surface area contributed by atoms with Crippen molar-refractivity contribution in [2.45, 2.75) is 18.6 Å². The second-order valence-corrected chi connectivity index (χ2v) is 6.30. The quantitative estimate of drug-likeness (QED) is 0.822. The van der Waals surface area contributed by atoms with E-state index in [1.807, 2.05) is 0 Å². The van der Waals surface area contributed by atoms with E-state index in [9.17, 15) is 23.1 Å². The van der Waals surface area contributed by atoms with Crippen molar-refractivity contribution in [3.05, 3.63) is 35.3 Å². The van der Waals surface area contributed by atoms with Gasteiger partial charge in [-0.25, -0.2) is 18.0 Å². The number of fused-ring (bicyclic) bond motifs is 1. The number of ether oxygens (including phenoxy) is 2. The summed E-state index contributed by atoms with van der Waals surface area (Å²) < 4.78 is 52.7. The number of carboxylic acid groups (broad SMARTS) is 1. The summed E-state index contributed by atoms with van der Waals surface area (Å²) in [4.78, 5) is 17.0. The summed E-state index contributed by atoms with van der Waals surface area (Å²) in [6.07, 6.45) is 1.91. The number of aromatic nitrogens is 1. The highest BCUT2D eigenvalue weighted by molar-refractivity contribution is 6.04. The summed E-state index contributed by atoms with van der Waals surface area (Å²) in [7, 11) is 0. The molecule has 2 aliphatic rings. The van der Waals surface area contributed by atoms with Gasteiger partial charge in [0.2, 0.25) is 0 Å². The highest BCUT2D eigenvalue weighted by Gasteiger charge is 2.40. The van der Waals surface area contributed by atoms with E-state index >= 15 is 0 Å². The van der Waals surface area contributed by atoms with Crippen molar-refractivity contribution in [3.63, 3.8) is 0 Å². The molecule has 0 unspecified atom stereocenters. The average Bonchev–Trinajstić information content (AvgIpc) is 3.08. The monoisotopic (exact) mass is 368 g/mol. The van der Waals surface area contributed by atoms with Crippen molar-refractivity contribution in [3.8, 4) is 0 Å². The molecule has 4 rings (SSSR count). The Morgan fingerprint density at radius 1 is 1.15 bits per heavy atom. The SMILES string of the molecule is O=C(O)c1cnc2c(F)c(F)c(F)cc2c1N1CCC2(CC1)OCCO2. The second-order valence-electron chi connectivity index (χ2n) is 6.30. The van der Waals surface area contributed by atoms with Crippen LogP contribution in [0.15, 0.2) is 12.3 Å². The van der Waals surface area contributed by atoms with E-state index < -0.39 is 34.7 Å². The van der Waals surface area contributed by atoms with Crippen LogP contribution in [0.4, 0.5) is 18.9 Å². The molecule has 1 aromatic heterocycles. The Morgan fingerprint density at radius 2 is 1.81 bits per heavy atom. The van der Waals surface area contributed by atoms with E-state index in [1.54, 1.807) is 4.90 Å². The van der Waals surface area contributed by atoms with Crippen LogP contribution in [-0.2, 0) is 9.47 Å². The van der Waals surface area contributed by atoms with Crippen LogP contribution in [0, 0.1) is 17.5 Å². The maximum Gasteiger partial charge on any atom is 0.339 e. The van der Waals surface area contributed by atoms with E-state index in [2.05, 4.69) is 4.98 Å². The van der Waals surface area contributed by atoms with Crippen LogP contribution >= 0.6 is 0 Å². The molecule has 26 heavy (non-hydrogen) atoms. The molecular formula is C17H15F3N2O4. The number of carbonyl (C=O) groups is 1. The first kappa shape index (κ1) is 17.0. The topological polar surface area (TPSA) is 71.9 Å². The van der Waals surface area contributed by atoms with E-state index in [1.165, 1.54) is 0 Å². The van der Waals surface area contributed by atoms with Crippen LogP contribution in [0.25, 0.3) is 10.9 Å². The zero-order valence-electron chi connectivity index (χ0n) is 13.6. The third kappa shape index (κ3) is 2.58. The minimum atomic E-state index is -1.63. The molecule has 0 atom stereocenters. The summed E-state index contributed by atoms with van der Waals surface area (Å²) >= 11 is 0. The summed E-state index contributed by atoms with van der Waals surface area (Å²) in [6, 6.07) is 0.787. The summed E-state index contributed by atoms with van der Waals surface area (Å²) in [5, 5.41) is 9.40. The lowest BCUT2D eigenvalue weighted by Crippen LogP contribution is -2.45. The molecule has 0 bridgehead atoms. The van der Waals surface area contributed by atoms with E-state index in [0.29, 0.717) is 39.1 Å². The van der Waals surface area contributed by atoms with Crippen molar-refractivity contribution in [2.24, 2.45) is 0 Å². The molecule has 2 aliphatic heterocycles. The van der Waals surface area contributed by atoms with Gasteiger partial charge >= 0.3 is 5.97 Å². The summed E-state index contributed by atoms with van der Waals surface area (Å²) in [6.45, 7) is 1.71. The van der Waals surface area contributed by atoms with Crippen molar-refractivity contribution >= 4 is 22.6 Å². The summed E-state index contributed by atoms with van der Waals surface area (Å²) in [5.74, 6) is -6.44. The Hall–Kier alpha value is -2.39. The molecule has 1 N–H and O–H groups in total. The van der Waals surface area contributed by atoms with Crippen LogP contribution in [0.3, 0.4) is 0 Å². The van der Waals surface area contributed by atoms with Gasteiger partial charge in [-0.2, -0.15) is 0 Å². The lowest BCUT2D eigenvalue weighted by Gasteiger charge is -2.39.